The molecule has 1 aliphatic heterocycles. The van der Waals surface area contributed by atoms with Crippen LogP contribution in [0.3, 0.4) is 0 Å². The number of aromatic nitrogens is 1. The zero-order valence-electron chi connectivity index (χ0n) is 15.6. The Bertz CT molecular complexity index is 854. The van der Waals surface area contributed by atoms with Crippen molar-refractivity contribution in [1.29, 1.82) is 0 Å². The van der Waals surface area contributed by atoms with Gasteiger partial charge in [0.15, 0.2) is 0 Å². The van der Waals surface area contributed by atoms with Gasteiger partial charge in [-0.15, -0.1) is 0 Å². The first-order valence-electron chi connectivity index (χ1n) is 8.92. The van der Waals surface area contributed by atoms with Crippen molar-refractivity contribution < 1.29 is 4.39 Å². The Hall–Kier alpha value is -2.37. The average molecular weight is 354 g/mol. The molecule has 26 heavy (non-hydrogen) atoms. The third kappa shape index (κ3) is 3.89. The number of hydrogen-bond acceptors (Lipinski definition) is 3. The fraction of sp³-hybridized carbons (Fsp3) is 0.333. The molecule has 1 aromatic carbocycles. The molecular weight excluding hydrogens is 327 g/mol. The van der Waals surface area contributed by atoms with E-state index in [2.05, 4.69) is 46.2 Å². The lowest BCUT2D eigenvalue weighted by Gasteiger charge is -2.32. The van der Waals surface area contributed by atoms with E-state index in [1.165, 1.54) is 0 Å². The summed E-state index contributed by atoms with van der Waals surface area (Å²) in [7, 11) is 4.11. The molecule has 0 radical (unpaired) electrons. The molecule has 2 heterocycles. The zero-order chi connectivity index (χ0) is 18.7. The second kappa shape index (κ2) is 7.89. The molecule has 0 saturated carbocycles. The van der Waals surface area contributed by atoms with Crippen LogP contribution >= 0.6 is 0 Å². The Kier molecular flexibility index (Phi) is 5.59. The molecule has 0 unspecified atom stereocenters. The Morgan fingerprint density at radius 2 is 1.88 bits per heavy atom. The van der Waals surface area contributed by atoms with Gasteiger partial charge in [-0.25, -0.2) is 4.39 Å². The maximum absolute atomic E-state index is 14.4. The Balaban J connectivity index is 1.86. The molecule has 5 heteroatoms. The Morgan fingerprint density at radius 1 is 1.19 bits per heavy atom. The van der Waals surface area contributed by atoms with Crippen molar-refractivity contribution in [3.8, 4) is 0 Å². The molecule has 1 aliphatic rings. The number of allylic oxidation sites excluding steroid dienone is 2. The first kappa shape index (κ1) is 18.4. The van der Waals surface area contributed by atoms with Gasteiger partial charge >= 0.3 is 0 Å². The Morgan fingerprint density at radius 3 is 2.54 bits per heavy atom. The summed E-state index contributed by atoms with van der Waals surface area (Å²) in [6, 6.07) is 10.3. The highest BCUT2D eigenvalue weighted by molar-refractivity contribution is 5.87. The van der Waals surface area contributed by atoms with Gasteiger partial charge in [0.25, 0.3) is 0 Å². The minimum absolute atomic E-state index is 0.385. The smallest absolute Gasteiger partial charge is 0.143 e. The highest BCUT2D eigenvalue weighted by atomic mass is 19.1. The third-order valence-electron chi connectivity index (χ3n) is 5.07. The standard InChI is InChI=1S/C21H27FN4/c1-16(21-13-17-6-4-5-7-20(17)25(21)3)12-18(19(22)14-23)15-26-10-8-24(2)9-11-26/h4-7,12-14H,1,8-11,15,23H2,2-3H3/b18-12-,19-14+. The summed E-state index contributed by atoms with van der Waals surface area (Å²) in [5.74, 6) is -0.385. The molecule has 0 spiro atoms. The van der Waals surface area contributed by atoms with Crippen LogP contribution < -0.4 is 5.73 Å². The lowest BCUT2D eigenvalue weighted by atomic mass is 10.1. The molecule has 138 valence electrons. The first-order valence-corrected chi connectivity index (χ1v) is 8.92. The van der Waals surface area contributed by atoms with Crippen molar-refractivity contribution in [1.82, 2.24) is 14.4 Å². The molecule has 2 N–H and O–H groups in total. The van der Waals surface area contributed by atoms with E-state index in [0.717, 1.165) is 54.5 Å². The van der Waals surface area contributed by atoms with Gasteiger partial charge in [0.2, 0.25) is 0 Å². The minimum Gasteiger partial charge on any atom is -0.402 e. The number of rotatable bonds is 5. The number of para-hydroxylation sites is 1. The summed E-state index contributed by atoms with van der Waals surface area (Å²) in [6.45, 7) is 8.55. The van der Waals surface area contributed by atoms with Gasteiger partial charge in [0.05, 0.1) is 0 Å². The van der Waals surface area contributed by atoms with E-state index in [4.69, 9.17) is 5.73 Å². The number of fused-ring (bicyclic) bond motifs is 1. The number of likely N-dealkylation sites (N-methyl/N-ethyl adjacent to an activating group) is 1. The summed E-state index contributed by atoms with van der Waals surface area (Å²) < 4.78 is 16.5. The van der Waals surface area contributed by atoms with Crippen molar-refractivity contribution in [3.05, 3.63) is 66.3 Å². The summed E-state index contributed by atoms with van der Waals surface area (Å²) in [4.78, 5) is 4.53. The number of nitrogens with zero attached hydrogens (tertiary/aromatic N) is 3. The molecule has 0 aliphatic carbocycles. The molecule has 0 bridgehead atoms. The summed E-state index contributed by atoms with van der Waals surface area (Å²) in [5, 5.41) is 1.15. The SMILES string of the molecule is C=C(/C=C(CN1CCN(C)CC1)\C(F)=C/N)c1cc2ccccc2n1C. The second-order valence-corrected chi connectivity index (χ2v) is 6.94. The van der Waals surface area contributed by atoms with E-state index >= 15 is 0 Å². The van der Waals surface area contributed by atoms with Gasteiger partial charge in [-0.05, 0) is 30.8 Å². The van der Waals surface area contributed by atoms with E-state index < -0.39 is 0 Å². The monoisotopic (exact) mass is 354 g/mol. The predicted octanol–water partition coefficient (Wildman–Crippen LogP) is 3.13. The maximum atomic E-state index is 14.4. The number of hydrogen-bond donors (Lipinski definition) is 1. The number of benzene rings is 1. The number of piperazine rings is 1. The van der Waals surface area contributed by atoms with E-state index in [-0.39, 0.29) is 5.83 Å². The van der Waals surface area contributed by atoms with E-state index in [0.29, 0.717) is 12.1 Å². The fourth-order valence-electron chi connectivity index (χ4n) is 3.43. The van der Waals surface area contributed by atoms with Crippen LogP contribution in [0.2, 0.25) is 0 Å². The van der Waals surface area contributed by atoms with Gasteiger partial charge in [-0.1, -0.05) is 24.8 Å². The molecule has 0 atom stereocenters. The van der Waals surface area contributed by atoms with Crippen LogP contribution in [-0.2, 0) is 7.05 Å². The number of halogens is 1. The normalized spacial score (nSPS) is 17.8. The van der Waals surface area contributed by atoms with Crippen LogP contribution in [-0.4, -0.2) is 54.1 Å². The molecular formula is C21H27FN4. The predicted molar refractivity (Wildman–Crippen MR) is 107 cm³/mol. The van der Waals surface area contributed by atoms with Crippen LogP contribution in [0, 0.1) is 0 Å². The summed E-state index contributed by atoms with van der Waals surface area (Å²) >= 11 is 0. The quantitative estimate of drug-likeness (QED) is 0.838. The highest BCUT2D eigenvalue weighted by Crippen LogP contribution is 2.26. The van der Waals surface area contributed by atoms with Gasteiger partial charge in [-0.3, -0.25) is 4.90 Å². The van der Waals surface area contributed by atoms with Crippen LogP contribution in [0.15, 0.2) is 60.6 Å². The highest BCUT2D eigenvalue weighted by Gasteiger charge is 2.17. The molecule has 1 saturated heterocycles. The first-order chi connectivity index (χ1) is 12.5. The van der Waals surface area contributed by atoms with Crippen molar-refractivity contribution >= 4 is 16.5 Å². The maximum Gasteiger partial charge on any atom is 0.143 e. The Labute approximate surface area is 154 Å². The van der Waals surface area contributed by atoms with Crippen LogP contribution in [0.5, 0.6) is 0 Å². The molecule has 1 aromatic heterocycles. The van der Waals surface area contributed by atoms with Crippen LogP contribution in [0.1, 0.15) is 5.69 Å². The van der Waals surface area contributed by atoms with Gasteiger partial charge in [0.1, 0.15) is 5.83 Å². The molecule has 3 rings (SSSR count). The van der Waals surface area contributed by atoms with Gasteiger partial charge < -0.3 is 15.2 Å². The van der Waals surface area contributed by atoms with Crippen LogP contribution in [0.4, 0.5) is 4.39 Å². The van der Waals surface area contributed by atoms with Gasteiger partial charge in [0, 0.05) is 68.1 Å². The van der Waals surface area contributed by atoms with E-state index in [1.54, 1.807) is 0 Å². The molecule has 2 aromatic rings. The van der Waals surface area contributed by atoms with Crippen LogP contribution in [0.25, 0.3) is 16.5 Å². The van der Waals surface area contributed by atoms with Crippen molar-refractivity contribution in [3.63, 3.8) is 0 Å². The lowest BCUT2D eigenvalue weighted by Crippen LogP contribution is -2.45. The number of nitrogens with two attached hydrogens (primary N) is 1. The van der Waals surface area contributed by atoms with Crippen molar-refractivity contribution in [2.24, 2.45) is 12.8 Å². The van der Waals surface area contributed by atoms with Crippen molar-refractivity contribution in [2.45, 2.75) is 0 Å². The zero-order valence-corrected chi connectivity index (χ0v) is 15.6. The third-order valence-corrected chi connectivity index (χ3v) is 5.07. The average Bonchev–Trinajstić information content (AvgIpc) is 2.99. The summed E-state index contributed by atoms with van der Waals surface area (Å²) in [6.07, 6.45) is 2.86. The molecule has 4 nitrogen and oxygen atoms in total. The topological polar surface area (TPSA) is 37.4 Å². The van der Waals surface area contributed by atoms with E-state index in [9.17, 15) is 4.39 Å². The van der Waals surface area contributed by atoms with Gasteiger partial charge in [-0.2, -0.15) is 0 Å². The van der Waals surface area contributed by atoms with E-state index in [1.807, 2.05) is 25.3 Å². The molecule has 0 amide bonds. The molecule has 1 fully saturated rings. The minimum atomic E-state index is -0.385. The largest absolute Gasteiger partial charge is 0.402 e. The van der Waals surface area contributed by atoms with Crippen molar-refractivity contribution in [2.75, 3.05) is 39.8 Å². The summed E-state index contributed by atoms with van der Waals surface area (Å²) in [5.41, 5.74) is 8.94. The lowest BCUT2D eigenvalue weighted by molar-refractivity contribution is 0.163. The fourth-order valence-corrected chi connectivity index (χ4v) is 3.43. The second-order valence-electron chi connectivity index (χ2n) is 6.94. The number of aryl methyl sites for hydroxylation is 1.